The van der Waals surface area contributed by atoms with Gasteiger partial charge in [-0.1, -0.05) is 0 Å². The Hall–Kier alpha value is -3.03. The maximum Gasteiger partial charge on any atom is 0.422 e. The summed E-state index contributed by atoms with van der Waals surface area (Å²) in [6.07, 6.45) is -5.88. The topological polar surface area (TPSA) is 55.1 Å². The van der Waals surface area contributed by atoms with Crippen molar-refractivity contribution in [3.63, 3.8) is 0 Å². The summed E-state index contributed by atoms with van der Waals surface area (Å²) in [5, 5.41) is 13.4. The third-order valence-electron chi connectivity index (χ3n) is 4.71. The molecule has 1 N–H and O–H groups in total. The maximum absolute atomic E-state index is 14.3. The molecule has 0 unspecified atom stereocenters. The molecule has 4 nitrogen and oxygen atoms in total. The van der Waals surface area contributed by atoms with Crippen molar-refractivity contribution in [2.24, 2.45) is 0 Å². The van der Waals surface area contributed by atoms with E-state index in [4.69, 9.17) is 0 Å². The van der Waals surface area contributed by atoms with Gasteiger partial charge in [0.25, 0.3) is 0 Å². The normalized spacial score (nSPS) is 11.6. The van der Waals surface area contributed by atoms with E-state index in [2.05, 4.69) is 5.10 Å². The predicted octanol–water partition coefficient (Wildman–Crippen LogP) is 5.55. The van der Waals surface area contributed by atoms with Crippen LogP contribution in [-0.4, -0.2) is 20.7 Å². The Morgan fingerprint density at radius 1 is 0.743 bits per heavy atom. The molecule has 3 aromatic rings. The van der Waals surface area contributed by atoms with Crippen LogP contribution in [0, 0.1) is 60.4 Å². The minimum Gasteiger partial charge on any atom is -0.493 e. The zero-order chi connectivity index (χ0) is 26.0. The van der Waals surface area contributed by atoms with Crippen LogP contribution in [0.3, 0.4) is 0 Å². The second kappa shape index (κ2) is 9.21. The number of rotatable bonds is 3. The largest absolute Gasteiger partial charge is 0.493 e. The summed E-state index contributed by atoms with van der Waals surface area (Å²) in [7, 11) is 0. The summed E-state index contributed by atoms with van der Waals surface area (Å²) in [4.78, 5) is 12.6. The van der Waals surface area contributed by atoms with E-state index >= 15 is 0 Å². The third kappa shape index (κ3) is 4.17. The SMILES string of the molecule is Cc1nn(-c2c(F)c(F)c(C(F)(F)F)c(F)c2F)c(O)c1C(=O)c1c(F)c(C)c(F)c(F)c1F.[Zn]. The number of halogens is 11. The molecule has 0 amide bonds. The number of hydrogen-bond acceptors (Lipinski definition) is 3. The van der Waals surface area contributed by atoms with Crippen LogP contribution < -0.4 is 0 Å². The summed E-state index contributed by atoms with van der Waals surface area (Å²) in [5.74, 6) is -23.4. The molecule has 16 heteroatoms. The number of aromatic hydroxyl groups is 1. The van der Waals surface area contributed by atoms with Gasteiger partial charge in [-0.15, -0.1) is 0 Å². The summed E-state index contributed by atoms with van der Waals surface area (Å²) in [5.41, 5.74) is -10.0. The number of alkyl halides is 3. The van der Waals surface area contributed by atoms with E-state index in [-0.39, 0.29) is 19.5 Å². The molecule has 1 heterocycles. The van der Waals surface area contributed by atoms with Gasteiger partial charge in [0.05, 0.1) is 11.3 Å². The van der Waals surface area contributed by atoms with Gasteiger partial charge in [0, 0.05) is 25.0 Å². The minimum absolute atomic E-state index is 0. The Bertz CT molecular complexity index is 1320. The van der Waals surface area contributed by atoms with E-state index in [9.17, 15) is 58.2 Å². The quantitative estimate of drug-likeness (QED) is 0.148. The Morgan fingerprint density at radius 3 is 1.69 bits per heavy atom. The zero-order valence-electron chi connectivity index (χ0n) is 17.1. The van der Waals surface area contributed by atoms with E-state index in [1.807, 2.05) is 0 Å². The molecule has 0 atom stereocenters. The van der Waals surface area contributed by atoms with Crippen molar-refractivity contribution >= 4 is 5.78 Å². The van der Waals surface area contributed by atoms with Gasteiger partial charge in [-0.2, -0.15) is 23.0 Å². The van der Waals surface area contributed by atoms with Crippen molar-refractivity contribution in [1.82, 2.24) is 9.78 Å². The number of carbonyl (C=O) groups excluding carboxylic acids is 1. The van der Waals surface area contributed by atoms with Crippen LogP contribution in [0.15, 0.2) is 0 Å². The number of nitrogens with zero attached hydrogens (tertiary/aromatic N) is 2. The van der Waals surface area contributed by atoms with E-state index in [0.29, 0.717) is 6.92 Å². The summed E-state index contributed by atoms with van der Waals surface area (Å²) >= 11 is 0. The second-order valence-corrected chi connectivity index (χ2v) is 6.76. The number of aromatic nitrogens is 2. The van der Waals surface area contributed by atoms with Crippen LogP contribution in [0.25, 0.3) is 5.69 Å². The van der Waals surface area contributed by atoms with E-state index in [1.54, 1.807) is 0 Å². The van der Waals surface area contributed by atoms with Gasteiger partial charge in [0.1, 0.15) is 22.6 Å². The molecular formula is C19H7F11N2O2Zn. The van der Waals surface area contributed by atoms with Crippen LogP contribution in [0.4, 0.5) is 48.3 Å². The molecule has 0 aliphatic carbocycles. The molecule has 0 bridgehead atoms. The van der Waals surface area contributed by atoms with E-state index in [1.165, 1.54) is 0 Å². The molecule has 184 valence electrons. The fraction of sp³-hybridized carbons (Fsp3) is 0.158. The molecule has 0 radical (unpaired) electrons. The van der Waals surface area contributed by atoms with Gasteiger partial charge >= 0.3 is 6.18 Å². The smallest absolute Gasteiger partial charge is 0.422 e. The molecule has 0 fully saturated rings. The van der Waals surface area contributed by atoms with Gasteiger partial charge < -0.3 is 5.11 Å². The van der Waals surface area contributed by atoms with Crippen LogP contribution in [0.2, 0.25) is 0 Å². The molecule has 0 spiro atoms. The first-order valence-electron chi connectivity index (χ1n) is 8.63. The van der Waals surface area contributed by atoms with Gasteiger partial charge in [0.2, 0.25) is 11.7 Å². The number of carbonyl (C=O) groups is 1. The fourth-order valence-corrected chi connectivity index (χ4v) is 3.07. The first kappa shape index (κ1) is 28.2. The van der Waals surface area contributed by atoms with Crippen molar-refractivity contribution in [1.29, 1.82) is 0 Å². The fourth-order valence-electron chi connectivity index (χ4n) is 3.07. The maximum atomic E-state index is 14.3. The standard InChI is InChI=1S/C19H7F11N2O2.Zn/c1-3-8(20)6(10(22)13(25)9(3)21)17(33)5-4(2)31-32(18(5)34)16-14(26)11(23)7(19(28,29)30)12(24)15(16)27;/h34H,1-2H3;. The summed E-state index contributed by atoms with van der Waals surface area (Å²) in [6, 6.07) is 0. The van der Waals surface area contributed by atoms with Crippen LogP contribution in [0.1, 0.15) is 32.7 Å². The number of benzene rings is 2. The van der Waals surface area contributed by atoms with Crippen molar-refractivity contribution in [2.45, 2.75) is 20.0 Å². The third-order valence-corrected chi connectivity index (χ3v) is 4.71. The minimum atomic E-state index is -5.88. The van der Waals surface area contributed by atoms with Crippen molar-refractivity contribution in [3.05, 3.63) is 74.5 Å². The average molecular weight is 570 g/mol. The Balaban J connectivity index is 0.00000432. The Labute approximate surface area is 199 Å². The molecular weight excluding hydrogens is 563 g/mol. The Morgan fingerprint density at radius 2 is 1.23 bits per heavy atom. The van der Waals surface area contributed by atoms with Gasteiger partial charge in [-0.25, -0.2) is 35.1 Å². The molecule has 35 heavy (non-hydrogen) atoms. The summed E-state index contributed by atoms with van der Waals surface area (Å²) < 4.78 is 150. The first-order chi connectivity index (χ1) is 15.5. The van der Waals surface area contributed by atoms with Crippen molar-refractivity contribution in [2.75, 3.05) is 0 Å². The van der Waals surface area contributed by atoms with Gasteiger partial charge in [-0.05, 0) is 13.8 Å². The molecule has 2 aromatic carbocycles. The molecule has 0 aliphatic heterocycles. The van der Waals surface area contributed by atoms with Gasteiger partial charge in [0.15, 0.2) is 40.7 Å². The molecule has 0 aliphatic rings. The van der Waals surface area contributed by atoms with Crippen LogP contribution >= 0.6 is 0 Å². The molecule has 0 saturated heterocycles. The molecule has 0 saturated carbocycles. The zero-order valence-corrected chi connectivity index (χ0v) is 20.1. The second-order valence-electron chi connectivity index (χ2n) is 6.76. The Kier molecular flexibility index (Phi) is 7.42. The molecule has 3 rings (SSSR count). The van der Waals surface area contributed by atoms with Crippen LogP contribution in [0.5, 0.6) is 5.88 Å². The van der Waals surface area contributed by atoms with E-state index < -0.39 is 103 Å². The average Bonchev–Trinajstić information content (AvgIpc) is 3.02. The number of ketones is 1. The van der Waals surface area contributed by atoms with Gasteiger partial charge in [-0.3, -0.25) is 4.79 Å². The number of aryl methyl sites for hydroxylation is 1. The van der Waals surface area contributed by atoms with Crippen LogP contribution in [-0.2, 0) is 25.7 Å². The first-order valence-corrected chi connectivity index (χ1v) is 8.63. The predicted molar refractivity (Wildman–Crippen MR) is 89.2 cm³/mol. The van der Waals surface area contributed by atoms with E-state index in [0.717, 1.165) is 6.92 Å². The number of hydrogen-bond donors (Lipinski definition) is 1. The van der Waals surface area contributed by atoms with Crippen molar-refractivity contribution < 1.29 is 77.7 Å². The monoisotopic (exact) mass is 568 g/mol. The summed E-state index contributed by atoms with van der Waals surface area (Å²) in [6.45, 7) is 1.40. The van der Waals surface area contributed by atoms with Crippen molar-refractivity contribution in [3.8, 4) is 11.6 Å². The molecule has 1 aromatic heterocycles.